The van der Waals surface area contributed by atoms with Gasteiger partial charge in [-0.25, -0.2) is 0 Å². The molecule has 1 unspecified atom stereocenters. The molecule has 7 nitrogen and oxygen atoms in total. The predicted octanol–water partition coefficient (Wildman–Crippen LogP) is 2.02. The minimum absolute atomic E-state index is 0.0946. The van der Waals surface area contributed by atoms with Gasteiger partial charge in [-0.3, -0.25) is 14.2 Å². The van der Waals surface area contributed by atoms with Gasteiger partial charge in [0.25, 0.3) is 0 Å². The zero-order valence-electron chi connectivity index (χ0n) is 14.7. The third-order valence-electron chi connectivity index (χ3n) is 3.82. The first-order valence-electron chi connectivity index (χ1n) is 8.34. The number of primary amides is 1. The largest absolute Gasteiger partial charge is 0.368 e. The number of hydrogen-bond donors (Lipinski definition) is 2. The molecule has 3 N–H and O–H groups in total. The molecule has 1 aromatic heterocycles. The van der Waals surface area contributed by atoms with E-state index in [1.165, 1.54) is 11.8 Å². The molecule has 3 aromatic rings. The van der Waals surface area contributed by atoms with Gasteiger partial charge in [0.15, 0.2) is 11.0 Å². The van der Waals surface area contributed by atoms with E-state index >= 15 is 0 Å². The molecular formula is C19H19N5O2S. The third-order valence-corrected chi connectivity index (χ3v) is 4.75. The molecule has 138 valence electrons. The zero-order valence-corrected chi connectivity index (χ0v) is 15.5. The lowest BCUT2D eigenvalue weighted by atomic mass is 10.2. The lowest BCUT2D eigenvalue weighted by Crippen LogP contribution is -2.42. The number of nitrogens with two attached hydrogens (primary N) is 1. The maximum absolute atomic E-state index is 12.1. The van der Waals surface area contributed by atoms with Gasteiger partial charge in [-0.2, -0.15) is 0 Å². The number of para-hydroxylation sites is 1. The van der Waals surface area contributed by atoms with Crippen molar-refractivity contribution in [1.29, 1.82) is 0 Å². The topological polar surface area (TPSA) is 103 Å². The van der Waals surface area contributed by atoms with Crippen LogP contribution in [0.2, 0.25) is 0 Å². The van der Waals surface area contributed by atoms with Crippen molar-refractivity contribution in [3.63, 3.8) is 0 Å². The number of hydrogen-bond acceptors (Lipinski definition) is 5. The highest BCUT2D eigenvalue weighted by atomic mass is 32.2. The fourth-order valence-corrected chi connectivity index (χ4v) is 3.19. The lowest BCUT2D eigenvalue weighted by molar-refractivity contribution is -0.125. The van der Waals surface area contributed by atoms with E-state index in [0.29, 0.717) is 11.0 Å². The van der Waals surface area contributed by atoms with Crippen LogP contribution in [0.3, 0.4) is 0 Å². The van der Waals surface area contributed by atoms with Gasteiger partial charge in [-0.15, -0.1) is 10.2 Å². The highest BCUT2D eigenvalue weighted by molar-refractivity contribution is 7.99. The van der Waals surface area contributed by atoms with Crippen LogP contribution in [-0.2, 0) is 9.59 Å². The van der Waals surface area contributed by atoms with Crippen LogP contribution in [0, 0.1) is 0 Å². The maximum atomic E-state index is 12.1. The smallest absolute Gasteiger partial charge is 0.239 e. The number of rotatable bonds is 7. The molecule has 8 heteroatoms. The molecule has 3 rings (SSSR count). The SMILES string of the molecule is CC(NC(=O)CSc1nnc(-c2ccccc2)n1-c1ccccc1)C(N)=O. The minimum Gasteiger partial charge on any atom is -0.368 e. The molecule has 0 aliphatic carbocycles. The fraction of sp³-hybridized carbons (Fsp3) is 0.158. The molecule has 2 aromatic carbocycles. The first-order valence-corrected chi connectivity index (χ1v) is 9.32. The normalized spacial score (nSPS) is 11.7. The van der Waals surface area contributed by atoms with Gasteiger partial charge < -0.3 is 11.1 Å². The van der Waals surface area contributed by atoms with Gasteiger partial charge in [-0.1, -0.05) is 60.3 Å². The van der Waals surface area contributed by atoms with Crippen LogP contribution in [-0.4, -0.2) is 38.4 Å². The lowest BCUT2D eigenvalue weighted by Gasteiger charge is -2.11. The standard InChI is InChI=1S/C19H19N5O2S/c1-13(17(20)26)21-16(25)12-27-19-23-22-18(14-8-4-2-5-9-14)24(19)15-10-6-3-7-11-15/h2-11,13H,12H2,1H3,(H2,20,26)(H,21,25). The average molecular weight is 381 g/mol. The van der Waals surface area contributed by atoms with Crippen LogP contribution in [0.25, 0.3) is 17.1 Å². The highest BCUT2D eigenvalue weighted by Crippen LogP contribution is 2.27. The summed E-state index contributed by atoms with van der Waals surface area (Å²) in [7, 11) is 0. The first kappa shape index (κ1) is 18.7. The molecule has 1 heterocycles. The Labute approximate surface area is 161 Å². The maximum Gasteiger partial charge on any atom is 0.239 e. The van der Waals surface area contributed by atoms with Crippen LogP contribution in [0.15, 0.2) is 65.8 Å². The second-order valence-electron chi connectivity index (χ2n) is 5.82. The van der Waals surface area contributed by atoms with Crippen LogP contribution >= 0.6 is 11.8 Å². The summed E-state index contributed by atoms with van der Waals surface area (Å²) >= 11 is 1.24. The number of nitrogens with zero attached hydrogens (tertiary/aromatic N) is 3. The zero-order chi connectivity index (χ0) is 19.2. The van der Waals surface area contributed by atoms with Crippen molar-refractivity contribution < 1.29 is 9.59 Å². The average Bonchev–Trinajstić information content (AvgIpc) is 3.11. The van der Waals surface area contributed by atoms with E-state index in [4.69, 9.17) is 5.73 Å². The molecule has 0 bridgehead atoms. The Bertz CT molecular complexity index is 928. The molecule has 27 heavy (non-hydrogen) atoms. The monoisotopic (exact) mass is 381 g/mol. The van der Waals surface area contributed by atoms with Gasteiger partial charge in [0.1, 0.15) is 6.04 Å². The van der Waals surface area contributed by atoms with Crippen molar-refractivity contribution >= 4 is 23.6 Å². The Balaban J connectivity index is 1.87. The Morgan fingerprint density at radius 1 is 1.07 bits per heavy atom. The molecule has 0 radical (unpaired) electrons. The highest BCUT2D eigenvalue weighted by Gasteiger charge is 2.18. The van der Waals surface area contributed by atoms with Crippen LogP contribution < -0.4 is 11.1 Å². The number of carbonyl (C=O) groups is 2. The van der Waals surface area contributed by atoms with Gasteiger partial charge in [0.05, 0.1) is 5.75 Å². The Hall–Kier alpha value is -3.13. The number of aromatic nitrogens is 3. The van der Waals surface area contributed by atoms with Gasteiger partial charge >= 0.3 is 0 Å². The summed E-state index contributed by atoms with van der Waals surface area (Å²) in [5.41, 5.74) is 6.99. The van der Waals surface area contributed by atoms with E-state index in [2.05, 4.69) is 15.5 Å². The van der Waals surface area contributed by atoms with E-state index in [1.807, 2.05) is 65.2 Å². The summed E-state index contributed by atoms with van der Waals surface area (Å²) in [5, 5.41) is 11.7. The molecule has 0 aliphatic heterocycles. The summed E-state index contributed by atoms with van der Waals surface area (Å²) in [6.07, 6.45) is 0. The predicted molar refractivity (Wildman–Crippen MR) is 104 cm³/mol. The van der Waals surface area contributed by atoms with Crippen molar-refractivity contribution in [3.8, 4) is 17.1 Å². The molecule has 0 fully saturated rings. The van der Waals surface area contributed by atoms with Crippen LogP contribution in [0.4, 0.5) is 0 Å². The summed E-state index contributed by atoms with van der Waals surface area (Å²) < 4.78 is 1.91. The minimum atomic E-state index is -0.718. The van der Waals surface area contributed by atoms with Crippen molar-refractivity contribution in [3.05, 3.63) is 60.7 Å². The van der Waals surface area contributed by atoms with Gasteiger partial charge in [-0.05, 0) is 19.1 Å². The van der Waals surface area contributed by atoms with E-state index < -0.39 is 11.9 Å². The first-order chi connectivity index (χ1) is 13.1. The second-order valence-corrected chi connectivity index (χ2v) is 6.77. The Kier molecular flexibility index (Phi) is 5.87. The Morgan fingerprint density at radius 3 is 2.33 bits per heavy atom. The van der Waals surface area contributed by atoms with Crippen molar-refractivity contribution in [2.45, 2.75) is 18.1 Å². The molecule has 1 atom stereocenters. The molecule has 0 aliphatic rings. The van der Waals surface area contributed by atoms with E-state index in [1.54, 1.807) is 6.92 Å². The van der Waals surface area contributed by atoms with E-state index in [0.717, 1.165) is 11.3 Å². The van der Waals surface area contributed by atoms with E-state index in [9.17, 15) is 9.59 Å². The number of benzene rings is 2. The number of nitrogens with one attached hydrogen (secondary N) is 1. The van der Waals surface area contributed by atoms with Gasteiger partial charge in [0, 0.05) is 11.3 Å². The fourth-order valence-electron chi connectivity index (χ4n) is 2.43. The van der Waals surface area contributed by atoms with Gasteiger partial charge in [0.2, 0.25) is 11.8 Å². The Morgan fingerprint density at radius 2 is 1.70 bits per heavy atom. The van der Waals surface area contributed by atoms with Crippen molar-refractivity contribution in [2.75, 3.05) is 5.75 Å². The van der Waals surface area contributed by atoms with Crippen molar-refractivity contribution in [1.82, 2.24) is 20.1 Å². The molecule has 0 saturated heterocycles. The van der Waals surface area contributed by atoms with Crippen LogP contribution in [0.1, 0.15) is 6.92 Å². The second kappa shape index (κ2) is 8.50. The summed E-state index contributed by atoms with van der Waals surface area (Å²) in [6, 6.07) is 18.7. The van der Waals surface area contributed by atoms with Crippen molar-refractivity contribution in [2.24, 2.45) is 5.73 Å². The summed E-state index contributed by atoms with van der Waals surface area (Å²) in [5.74, 6) is -0.0882. The molecule has 0 saturated carbocycles. The molecular weight excluding hydrogens is 362 g/mol. The summed E-state index contributed by atoms with van der Waals surface area (Å²) in [6.45, 7) is 1.55. The molecule has 0 spiro atoms. The number of carbonyl (C=O) groups excluding carboxylic acids is 2. The number of amides is 2. The third kappa shape index (κ3) is 4.53. The molecule has 2 amide bonds. The summed E-state index contributed by atoms with van der Waals surface area (Å²) in [4.78, 5) is 23.1. The quantitative estimate of drug-likeness (QED) is 0.610. The number of thioether (sulfide) groups is 1. The van der Waals surface area contributed by atoms with E-state index in [-0.39, 0.29) is 11.7 Å². The van der Waals surface area contributed by atoms with Crippen LogP contribution in [0.5, 0.6) is 0 Å².